The van der Waals surface area contributed by atoms with Gasteiger partial charge in [-0.3, -0.25) is 9.69 Å². The second-order valence-corrected chi connectivity index (χ2v) is 4.80. The Morgan fingerprint density at radius 1 is 1.12 bits per heavy atom. The van der Waals surface area contributed by atoms with E-state index in [0.717, 1.165) is 45.3 Å². The normalized spacial score (nSPS) is 27.3. The summed E-state index contributed by atoms with van der Waals surface area (Å²) in [5, 5.41) is 8.97. The highest BCUT2D eigenvalue weighted by Gasteiger charge is 2.33. The summed E-state index contributed by atoms with van der Waals surface area (Å²) in [7, 11) is 0. The van der Waals surface area contributed by atoms with E-state index < -0.39 is 0 Å². The third kappa shape index (κ3) is 2.55. The lowest BCUT2D eigenvalue weighted by Gasteiger charge is -2.32. The molecule has 2 saturated heterocycles. The van der Waals surface area contributed by atoms with Crippen molar-refractivity contribution in [1.82, 2.24) is 9.80 Å². The highest BCUT2D eigenvalue weighted by atomic mass is 16.3. The molecule has 1 N–H and O–H groups in total. The van der Waals surface area contributed by atoms with Gasteiger partial charge in [-0.05, 0) is 38.6 Å². The number of piperidine rings is 1. The van der Waals surface area contributed by atoms with Gasteiger partial charge in [0.25, 0.3) is 0 Å². The van der Waals surface area contributed by atoms with E-state index in [1.807, 2.05) is 4.90 Å². The van der Waals surface area contributed by atoms with E-state index >= 15 is 0 Å². The molecule has 0 aliphatic carbocycles. The summed E-state index contributed by atoms with van der Waals surface area (Å²) in [5.74, 6) is 0.297. The average Bonchev–Trinajstić information content (AvgIpc) is 2.78. The molecule has 2 aliphatic rings. The van der Waals surface area contributed by atoms with Crippen LogP contribution in [0, 0.1) is 0 Å². The molecule has 4 nitrogen and oxygen atoms in total. The lowest BCUT2D eigenvalue weighted by atomic mass is 10.1. The monoisotopic (exact) mass is 226 g/mol. The van der Waals surface area contributed by atoms with Crippen molar-refractivity contribution in [1.29, 1.82) is 0 Å². The Morgan fingerprint density at radius 3 is 2.56 bits per heavy atom. The fourth-order valence-electron chi connectivity index (χ4n) is 2.83. The Morgan fingerprint density at radius 2 is 1.88 bits per heavy atom. The number of nitrogens with zero attached hydrogens (tertiary/aromatic N) is 2. The highest BCUT2D eigenvalue weighted by Crippen LogP contribution is 2.20. The predicted molar refractivity (Wildman–Crippen MR) is 62.1 cm³/mol. The first-order valence-electron chi connectivity index (χ1n) is 6.46. The van der Waals surface area contributed by atoms with Gasteiger partial charge in [0.1, 0.15) is 0 Å². The van der Waals surface area contributed by atoms with Gasteiger partial charge in [0.05, 0.1) is 12.6 Å². The zero-order chi connectivity index (χ0) is 11.4. The average molecular weight is 226 g/mol. The van der Waals surface area contributed by atoms with Gasteiger partial charge in [-0.2, -0.15) is 0 Å². The Bertz CT molecular complexity index is 239. The maximum Gasteiger partial charge on any atom is 0.239 e. The summed E-state index contributed by atoms with van der Waals surface area (Å²) in [6.45, 7) is 3.63. The molecule has 0 aromatic heterocycles. The first kappa shape index (κ1) is 11.9. The van der Waals surface area contributed by atoms with E-state index in [4.69, 9.17) is 5.11 Å². The van der Waals surface area contributed by atoms with Crippen LogP contribution in [0.4, 0.5) is 0 Å². The van der Waals surface area contributed by atoms with Crippen LogP contribution in [0.1, 0.15) is 32.1 Å². The lowest BCUT2D eigenvalue weighted by Crippen LogP contribution is -2.48. The van der Waals surface area contributed by atoms with Crippen molar-refractivity contribution in [2.75, 3.05) is 32.8 Å². The standard InChI is InChI=1S/C12H22N2O2/c15-10-9-13-8-4-5-11(13)12(16)14-6-2-1-3-7-14/h11,15H,1-10H2/t11-/m0/s1. The molecule has 92 valence electrons. The first-order chi connectivity index (χ1) is 7.83. The van der Waals surface area contributed by atoms with Crippen LogP contribution in [0.2, 0.25) is 0 Å². The molecule has 0 unspecified atom stereocenters. The zero-order valence-corrected chi connectivity index (χ0v) is 9.90. The molecule has 0 bridgehead atoms. The van der Waals surface area contributed by atoms with Crippen LogP contribution in [0.25, 0.3) is 0 Å². The molecule has 4 heteroatoms. The highest BCUT2D eigenvalue weighted by molar-refractivity contribution is 5.82. The SMILES string of the molecule is O=C([C@@H]1CCCN1CCO)N1CCCCC1. The second-order valence-electron chi connectivity index (χ2n) is 4.80. The Balaban J connectivity index is 1.91. The smallest absolute Gasteiger partial charge is 0.239 e. The van der Waals surface area contributed by atoms with E-state index in [2.05, 4.69) is 4.90 Å². The Labute approximate surface area is 97.2 Å². The summed E-state index contributed by atoms with van der Waals surface area (Å²) in [5.41, 5.74) is 0. The number of rotatable bonds is 3. The fraction of sp³-hybridized carbons (Fsp3) is 0.917. The number of amides is 1. The van der Waals surface area contributed by atoms with Gasteiger partial charge in [-0.1, -0.05) is 0 Å². The van der Waals surface area contributed by atoms with Crippen LogP contribution in [0.5, 0.6) is 0 Å². The number of hydrogen-bond donors (Lipinski definition) is 1. The van der Waals surface area contributed by atoms with Crippen molar-refractivity contribution < 1.29 is 9.90 Å². The fourth-order valence-corrected chi connectivity index (χ4v) is 2.83. The first-order valence-corrected chi connectivity index (χ1v) is 6.46. The van der Waals surface area contributed by atoms with E-state index in [1.165, 1.54) is 6.42 Å². The van der Waals surface area contributed by atoms with Crippen molar-refractivity contribution in [3.05, 3.63) is 0 Å². The van der Waals surface area contributed by atoms with Crippen molar-refractivity contribution >= 4 is 5.91 Å². The molecule has 0 aromatic carbocycles. The van der Waals surface area contributed by atoms with E-state index in [-0.39, 0.29) is 12.6 Å². The van der Waals surface area contributed by atoms with Gasteiger partial charge < -0.3 is 10.0 Å². The van der Waals surface area contributed by atoms with Crippen LogP contribution in [-0.4, -0.2) is 59.6 Å². The number of β-amino-alcohol motifs (C(OH)–C–C–N with tert-alkyl or cyclic N) is 1. The molecule has 2 aliphatic heterocycles. The number of aliphatic hydroxyl groups is 1. The van der Waals surface area contributed by atoms with Crippen molar-refractivity contribution in [3.8, 4) is 0 Å². The van der Waals surface area contributed by atoms with E-state index in [9.17, 15) is 4.79 Å². The third-order valence-electron chi connectivity index (χ3n) is 3.70. The molecule has 2 fully saturated rings. The number of hydrogen-bond acceptors (Lipinski definition) is 3. The largest absolute Gasteiger partial charge is 0.395 e. The van der Waals surface area contributed by atoms with Gasteiger partial charge >= 0.3 is 0 Å². The number of carbonyl (C=O) groups excluding carboxylic acids is 1. The van der Waals surface area contributed by atoms with Crippen molar-refractivity contribution in [2.45, 2.75) is 38.1 Å². The third-order valence-corrected chi connectivity index (χ3v) is 3.70. The molecular formula is C12H22N2O2. The van der Waals surface area contributed by atoms with Crippen molar-refractivity contribution in [2.24, 2.45) is 0 Å². The maximum absolute atomic E-state index is 12.3. The second kappa shape index (κ2) is 5.64. The summed E-state index contributed by atoms with van der Waals surface area (Å²) in [4.78, 5) is 16.4. The summed E-state index contributed by atoms with van der Waals surface area (Å²) >= 11 is 0. The summed E-state index contributed by atoms with van der Waals surface area (Å²) in [6.07, 6.45) is 5.62. The maximum atomic E-state index is 12.3. The zero-order valence-electron chi connectivity index (χ0n) is 9.90. The minimum atomic E-state index is 0.0465. The van der Waals surface area contributed by atoms with Crippen LogP contribution >= 0.6 is 0 Å². The summed E-state index contributed by atoms with van der Waals surface area (Å²) < 4.78 is 0. The Hall–Kier alpha value is -0.610. The van der Waals surface area contributed by atoms with Crippen LogP contribution < -0.4 is 0 Å². The number of likely N-dealkylation sites (tertiary alicyclic amines) is 2. The van der Waals surface area contributed by atoms with Gasteiger partial charge in [-0.15, -0.1) is 0 Å². The van der Waals surface area contributed by atoms with Gasteiger partial charge in [-0.25, -0.2) is 0 Å². The van der Waals surface area contributed by atoms with Crippen LogP contribution in [-0.2, 0) is 4.79 Å². The molecule has 0 saturated carbocycles. The van der Waals surface area contributed by atoms with E-state index in [0.29, 0.717) is 12.5 Å². The quantitative estimate of drug-likeness (QED) is 0.760. The topological polar surface area (TPSA) is 43.8 Å². The van der Waals surface area contributed by atoms with Crippen molar-refractivity contribution in [3.63, 3.8) is 0 Å². The molecule has 16 heavy (non-hydrogen) atoms. The molecule has 0 spiro atoms. The lowest BCUT2D eigenvalue weighted by molar-refractivity contribution is -0.137. The minimum Gasteiger partial charge on any atom is -0.395 e. The number of carbonyl (C=O) groups is 1. The predicted octanol–water partition coefficient (Wildman–Crippen LogP) is 0.456. The molecule has 0 aromatic rings. The molecular weight excluding hydrogens is 204 g/mol. The molecule has 0 radical (unpaired) electrons. The summed E-state index contributed by atoms with van der Waals surface area (Å²) in [6, 6.07) is 0.0465. The van der Waals surface area contributed by atoms with Crippen LogP contribution in [0.3, 0.4) is 0 Å². The molecule has 1 amide bonds. The Kier molecular flexibility index (Phi) is 4.18. The van der Waals surface area contributed by atoms with Crippen LogP contribution in [0.15, 0.2) is 0 Å². The molecule has 2 heterocycles. The van der Waals surface area contributed by atoms with E-state index in [1.54, 1.807) is 0 Å². The van der Waals surface area contributed by atoms with Gasteiger partial charge in [0.2, 0.25) is 5.91 Å². The molecule has 2 rings (SSSR count). The number of aliphatic hydroxyl groups excluding tert-OH is 1. The molecule has 1 atom stereocenters. The van der Waals surface area contributed by atoms with Gasteiger partial charge in [0.15, 0.2) is 0 Å². The minimum absolute atomic E-state index is 0.0465. The van der Waals surface area contributed by atoms with Gasteiger partial charge in [0, 0.05) is 19.6 Å².